The van der Waals surface area contributed by atoms with E-state index in [0.29, 0.717) is 6.42 Å². The Hall–Kier alpha value is -0.960. The van der Waals surface area contributed by atoms with Crippen LogP contribution in [0.1, 0.15) is 30.9 Å². The van der Waals surface area contributed by atoms with Crippen molar-refractivity contribution in [1.82, 2.24) is 9.44 Å². The van der Waals surface area contributed by atoms with Crippen molar-refractivity contribution in [2.75, 3.05) is 18.8 Å². The lowest BCUT2D eigenvalue weighted by Gasteiger charge is -2.09. The van der Waals surface area contributed by atoms with Crippen LogP contribution in [0.25, 0.3) is 0 Å². The quantitative estimate of drug-likeness (QED) is 0.681. The van der Waals surface area contributed by atoms with Gasteiger partial charge < -0.3 is 0 Å². The number of rotatable bonds is 8. The highest BCUT2D eigenvalue weighted by Gasteiger charge is 2.18. The zero-order valence-corrected chi connectivity index (χ0v) is 14.3. The van der Waals surface area contributed by atoms with Gasteiger partial charge in [-0.3, -0.25) is 0 Å². The maximum atomic E-state index is 12.2. The van der Waals surface area contributed by atoms with E-state index in [4.69, 9.17) is 0 Å². The highest BCUT2D eigenvalue weighted by Crippen LogP contribution is 2.24. The Kier molecular flexibility index (Phi) is 5.60. The standard InChI is InChI=1S/C14H22N2O4S2/c1-2-21(17,18)15-9-4-10-16-22(19,20)14-8-7-12-5-3-6-13(12)11-14/h7-8,11,15-16H,2-6,9-10H2,1H3. The third-order valence-corrected chi connectivity index (χ3v) is 6.59. The Morgan fingerprint density at radius 2 is 1.68 bits per heavy atom. The summed E-state index contributed by atoms with van der Waals surface area (Å²) in [5.41, 5.74) is 2.34. The molecule has 1 aliphatic carbocycles. The van der Waals surface area contributed by atoms with Gasteiger partial charge in [-0.2, -0.15) is 0 Å². The van der Waals surface area contributed by atoms with Crippen LogP contribution in [0.2, 0.25) is 0 Å². The minimum absolute atomic E-state index is 0.0217. The average molecular weight is 346 g/mol. The summed E-state index contributed by atoms with van der Waals surface area (Å²) in [6.45, 7) is 1.98. The second kappa shape index (κ2) is 7.08. The molecular formula is C14H22N2O4S2. The van der Waals surface area contributed by atoms with Gasteiger partial charge >= 0.3 is 0 Å². The third kappa shape index (κ3) is 4.52. The van der Waals surface area contributed by atoms with E-state index in [1.54, 1.807) is 19.1 Å². The molecule has 8 heteroatoms. The summed E-state index contributed by atoms with van der Waals surface area (Å²) in [7, 11) is -6.75. The lowest BCUT2D eigenvalue weighted by molar-refractivity contribution is 0.573. The van der Waals surface area contributed by atoms with E-state index in [2.05, 4.69) is 9.44 Å². The molecule has 1 aromatic rings. The molecule has 0 amide bonds. The van der Waals surface area contributed by atoms with Crippen LogP contribution in [0.4, 0.5) is 0 Å². The molecule has 0 aliphatic heterocycles. The molecule has 124 valence electrons. The van der Waals surface area contributed by atoms with E-state index >= 15 is 0 Å². The number of aryl methyl sites for hydroxylation is 2. The summed E-state index contributed by atoms with van der Waals surface area (Å²) in [6.07, 6.45) is 3.42. The molecule has 0 bridgehead atoms. The summed E-state index contributed by atoms with van der Waals surface area (Å²) in [4.78, 5) is 0.280. The Morgan fingerprint density at radius 3 is 2.41 bits per heavy atom. The van der Waals surface area contributed by atoms with Crippen LogP contribution in [0.15, 0.2) is 23.1 Å². The summed E-state index contributed by atoms with van der Waals surface area (Å²) < 4.78 is 51.8. The molecule has 0 fully saturated rings. The predicted molar refractivity (Wildman–Crippen MR) is 85.7 cm³/mol. The van der Waals surface area contributed by atoms with Crippen LogP contribution in [-0.2, 0) is 32.9 Å². The Bertz CT molecular complexity index is 727. The van der Waals surface area contributed by atoms with Crippen molar-refractivity contribution in [3.8, 4) is 0 Å². The first-order chi connectivity index (χ1) is 10.3. The van der Waals surface area contributed by atoms with E-state index in [1.807, 2.05) is 6.07 Å². The van der Waals surface area contributed by atoms with Gasteiger partial charge in [-0.25, -0.2) is 26.3 Å². The lowest BCUT2D eigenvalue weighted by Crippen LogP contribution is -2.30. The van der Waals surface area contributed by atoms with Crippen LogP contribution in [-0.4, -0.2) is 35.7 Å². The van der Waals surface area contributed by atoms with Gasteiger partial charge in [0.1, 0.15) is 0 Å². The van der Waals surface area contributed by atoms with Gasteiger partial charge in [-0.1, -0.05) is 6.07 Å². The van der Waals surface area contributed by atoms with Gasteiger partial charge in [-0.05, 0) is 55.9 Å². The first-order valence-electron chi connectivity index (χ1n) is 7.43. The monoisotopic (exact) mass is 346 g/mol. The zero-order chi connectivity index (χ0) is 16.2. The van der Waals surface area contributed by atoms with Crippen molar-refractivity contribution in [2.45, 2.75) is 37.5 Å². The molecule has 1 aliphatic rings. The topological polar surface area (TPSA) is 92.3 Å². The maximum Gasteiger partial charge on any atom is 0.240 e. The molecule has 0 aromatic heterocycles. The summed E-state index contributed by atoms with van der Waals surface area (Å²) in [5, 5.41) is 0. The molecule has 2 N–H and O–H groups in total. The number of benzene rings is 1. The zero-order valence-electron chi connectivity index (χ0n) is 12.6. The van der Waals surface area contributed by atoms with Crippen LogP contribution in [0.5, 0.6) is 0 Å². The van der Waals surface area contributed by atoms with E-state index in [0.717, 1.165) is 24.8 Å². The molecule has 22 heavy (non-hydrogen) atoms. The molecular weight excluding hydrogens is 324 g/mol. The normalized spacial score (nSPS) is 15.0. The largest absolute Gasteiger partial charge is 0.240 e. The number of sulfonamides is 2. The molecule has 0 saturated heterocycles. The Labute approximate surface area is 132 Å². The van der Waals surface area contributed by atoms with E-state index in [9.17, 15) is 16.8 Å². The van der Waals surface area contributed by atoms with Crippen molar-refractivity contribution in [3.63, 3.8) is 0 Å². The van der Waals surface area contributed by atoms with Crippen molar-refractivity contribution < 1.29 is 16.8 Å². The van der Waals surface area contributed by atoms with Gasteiger partial charge in [-0.15, -0.1) is 0 Å². The highest BCUT2D eigenvalue weighted by atomic mass is 32.2. The van der Waals surface area contributed by atoms with Gasteiger partial charge in [0.15, 0.2) is 0 Å². The molecule has 1 aromatic carbocycles. The Balaban J connectivity index is 1.87. The summed E-state index contributed by atoms with van der Waals surface area (Å²) in [6, 6.07) is 5.25. The minimum atomic E-state index is -3.53. The van der Waals surface area contributed by atoms with Crippen LogP contribution in [0, 0.1) is 0 Å². The molecule has 0 radical (unpaired) electrons. The second-order valence-corrected chi connectivity index (χ2v) is 9.20. The molecule has 0 atom stereocenters. The number of hydrogen-bond acceptors (Lipinski definition) is 4. The smallest absolute Gasteiger partial charge is 0.215 e. The van der Waals surface area contributed by atoms with Gasteiger partial charge in [0.2, 0.25) is 20.0 Å². The first-order valence-corrected chi connectivity index (χ1v) is 10.6. The van der Waals surface area contributed by atoms with Crippen molar-refractivity contribution >= 4 is 20.0 Å². The summed E-state index contributed by atoms with van der Waals surface area (Å²) in [5.74, 6) is 0.0217. The van der Waals surface area contributed by atoms with Crippen molar-refractivity contribution in [1.29, 1.82) is 0 Å². The predicted octanol–water partition coefficient (Wildman–Crippen LogP) is 0.783. The van der Waals surface area contributed by atoms with Crippen molar-refractivity contribution in [3.05, 3.63) is 29.3 Å². The first kappa shape index (κ1) is 17.4. The van der Waals surface area contributed by atoms with Crippen LogP contribution < -0.4 is 9.44 Å². The van der Waals surface area contributed by atoms with Gasteiger partial charge in [0.25, 0.3) is 0 Å². The molecule has 0 unspecified atom stereocenters. The maximum absolute atomic E-state index is 12.2. The average Bonchev–Trinajstić information content (AvgIpc) is 2.94. The molecule has 0 saturated carbocycles. The van der Waals surface area contributed by atoms with Crippen LogP contribution >= 0.6 is 0 Å². The van der Waals surface area contributed by atoms with E-state index in [-0.39, 0.29) is 23.7 Å². The molecule has 0 spiro atoms. The fourth-order valence-corrected chi connectivity index (χ4v) is 4.21. The number of fused-ring (bicyclic) bond motifs is 1. The fourth-order valence-electron chi connectivity index (χ4n) is 2.42. The lowest BCUT2D eigenvalue weighted by atomic mass is 10.1. The van der Waals surface area contributed by atoms with Gasteiger partial charge in [0, 0.05) is 13.1 Å². The van der Waals surface area contributed by atoms with Crippen molar-refractivity contribution in [2.24, 2.45) is 0 Å². The molecule has 2 rings (SSSR count). The van der Waals surface area contributed by atoms with Crippen LogP contribution in [0.3, 0.4) is 0 Å². The molecule has 6 nitrogen and oxygen atoms in total. The van der Waals surface area contributed by atoms with E-state index < -0.39 is 20.0 Å². The fraction of sp³-hybridized carbons (Fsp3) is 0.571. The summed E-state index contributed by atoms with van der Waals surface area (Å²) >= 11 is 0. The minimum Gasteiger partial charge on any atom is -0.215 e. The number of nitrogens with one attached hydrogen (secondary N) is 2. The SMILES string of the molecule is CCS(=O)(=O)NCCCNS(=O)(=O)c1ccc2c(c1)CCC2. The van der Waals surface area contributed by atoms with E-state index in [1.165, 1.54) is 5.56 Å². The third-order valence-electron chi connectivity index (χ3n) is 3.73. The second-order valence-electron chi connectivity index (χ2n) is 5.33. The highest BCUT2D eigenvalue weighted by molar-refractivity contribution is 7.89. The molecule has 0 heterocycles. The van der Waals surface area contributed by atoms with Gasteiger partial charge in [0.05, 0.1) is 10.6 Å². The Morgan fingerprint density at radius 1 is 1.00 bits per heavy atom. The number of hydrogen-bond donors (Lipinski definition) is 2.